The highest BCUT2D eigenvalue weighted by Crippen LogP contribution is 2.29. The molecule has 34 heavy (non-hydrogen) atoms. The van der Waals surface area contributed by atoms with Gasteiger partial charge in [0, 0.05) is 25.6 Å². The molecule has 2 aromatic rings. The lowest BCUT2D eigenvalue weighted by Gasteiger charge is -2.32. The van der Waals surface area contributed by atoms with E-state index in [0.29, 0.717) is 43.9 Å². The molecule has 1 N–H and O–H groups in total. The third kappa shape index (κ3) is 5.13. The molecule has 1 amide bonds. The summed E-state index contributed by atoms with van der Waals surface area (Å²) < 4.78 is 37.9. The Labute approximate surface area is 201 Å². The second-order valence-corrected chi connectivity index (χ2v) is 11.0. The van der Waals surface area contributed by atoms with Crippen LogP contribution >= 0.6 is 0 Å². The van der Waals surface area contributed by atoms with Crippen molar-refractivity contribution in [3.8, 4) is 5.75 Å². The largest absolute Gasteiger partial charge is 0.497 e. The molecule has 2 aliphatic rings. The predicted octanol–water partition coefficient (Wildman–Crippen LogP) is 2.65. The van der Waals surface area contributed by atoms with Gasteiger partial charge in [-0.25, -0.2) is 8.42 Å². The minimum atomic E-state index is -3.68. The van der Waals surface area contributed by atoms with Crippen LogP contribution in [0.3, 0.4) is 0 Å². The van der Waals surface area contributed by atoms with Gasteiger partial charge in [0.1, 0.15) is 16.3 Å². The van der Waals surface area contributed by atoms with E-state index in [4.69, 9.17) is 9.26 Å². The van der Waals surface area contributed by atoms with Gasteiger partial charge >= 0.3 is 0 Å². The molecular weight excluding hydrogens is 456 g/mol. The number of methoxy groups -OCH3 is 1. The fourth-order valence-corrected chi connectivity index (χ4v) is 6.77. The van der Waals surface area contributed by atoms with E-state index in [1.165, 1.54) is 17.1 Å². The van der Waals surface area contributed by atoms with Gasteiger partial charge in [-0.3, -0.25) is 9.69 Å². The molecule has 4 rings (SSSR count). The Bertz CT molecular complexity index is 1070. The zero-order chi connectivity index (χ0) is 24.3. The van der Waals surface area contributed by atoms with E-state index in [0.717, 1.165) is 24.4 Å². The van der Waals surface area contributed by atoms with Gasteiger partial charge in [0.15, 0.2) is 5.76 Å². The lowest BCUT2D eigenvalue weighted by Crippen LogP contribution is -2.44. The van der Waals surface area contributed by atoms with Crippen LogP contribution in [0.2, 0.25) is 0 Å². The number of benzene rings is 1. The molecule has 1 aromatic heterocycles. The van der Waals surface area contributed by atoms with Crippen LogP contribution < -0.4 is 10.1 Å². The Hall–Kier alpha value is -2.43. The van der Waals surface area contributed by atoms with Gasteiger partial charge in [-0.15, -0.1) is 0 Å². The van der Waals surface area contributed by atoms with E-state index in [1.807, 2.05) is 12.1 Å². The second-order valence-electron chi connectivity index (χ2n) is 9.11. The highest BCUT2D eigenvalue weighted by atomic mass is 32.2. The van der Waals surface area contributed by atoms with Crippen LogP contribution in [-0.4, -0.2) is 68.5 Å². The second kappa shape index (κ2) is 10.5. The van der Waals surface area contributed by atoms with Crippen molar-refractivity contribution >= 4 is 15.9 Å². The number of likely N-dealkylation sites (tertiary alicyclic amines) is 1. The van der Waals surface area contributed by atoms with E-state index >= 15 is 0 Å². The summed E-state index contributed by atoms with van der Waals surface area (Å²) in [7, 11) is -2.03. The summed E-state index contributed by atoms with van der Waals surface area (Å²) in [5, 5.41) is 6.92. The van der Waals surface area contributed by atoms with Crippen molar-refractivity contribution in [3.63, 3.8) is 0 Å². The van der Waals surface area contributed by atoms with Crippen LogP contribution in [0.15, 0.2) is 33.7 Å². The summed E-state index contributed by atoms with van der Waals surface area (Å²) in [4.78, 5) is 15.6. The molecule has 1 atom stereocenters. The van der Waals surface area contributed by atoms with E-state index in [9.17, 15) is 13.2 Å². The molecule has 2 aliphatic heterocycles. The molecule has 9 nitrogen and oxygen atoms in total. The molecule has 2 saturated heterocycles. The number of carbonyl (C=O) groups excluding carboxylic acids is 1. The zero-order valence-corrected chi connectivity index (χ0v) is 20.9. The first-order valence-electron chi connectivity index (χ1n) is 11.9. The normalized spacial score (nSPS) is 19.3. The number of sulfonamides is 1. The number of hydrogen-bond acceptors (Lipinski definition) is 7. The Morgan fingerprint density at radius 3 is 2.35 bits per heavy atom. The molecule has 1 unspecified atom stereocenters. The van der Waals surface area contributed by atoms with Crippen molar-refractivity contribution in [1.29, 1.82) is 0 Å². The van der Waals surface area contributed by atoms with Crippen molar-refractivity contribution in [2.24, 2.45) is 5.92 Å². The van der Waals surface area contributed by atoms with Crippen LogP contribution in [0, 0.1) is 19.8 Å². The first-order valence-corrected chi connectivity index (χ1v) is 13.3. The summed E-state index contributed by atoms with van der Waals surface area (Å²) in [6.45, 7) is 6.41. The van der Waals surface area contributed by atoms with Crippen LogP contribution in [0.25, 0.3) is 0 Å². The number of rotatable bonds is 8. The highest BCUT2D eigenvalue weighted by molar-refractivity contribution is 7.89. The Morgan fingerprint density at radius 1 is 1.15 bits per heavy atom. The fraction of sp³-hybridized carbons (Fsp3) is 0.583. The van der Waals surface area contributed by atoms with Gasteiger partial charge in [-0.2, -0.15) is 4.31 Å². The van der Waals surface area contributed by atoms with E-state index in [2.05, 4.69) is 27.5 Å². The van der Waals surface area contributed by atoms with Gasteiger partial charge in [-0.05, 0) is 70.3 Å². The van der Waals surface area contributed by atoms with E-state index in [-0.39, 0.29) is 22.8 Å². The Balaban J connectivity index is 1.36. The molecule has 0 spiro atoms. The first kappa shape index (κ1) is 24.7. The van der Waals surface area contributed by atoms with Crippen LogP contribution in [0.1, 0.15) is 48.7 Å². The van der Waals surface area contributed by atoms with Crippen molar-refractivity contribution in [3.05, 3.63) is 41.3 Å². The monoisotopic (exact) mass is 490 g/mol. The number of hydrogen-bond donors (Lipinski definition) is 1. The number of aryl methyl sites for hydroxylation is 2. The van der Waals surface area contributed by atoms with Crippen molar-refractivity contribution in [2.45, 2.75) is 50.5 Å². The van der Waals surface area contributed by atoms with Crippen molar-refractivity contribution in [1.82, 2.24) is 19.7 Å². The fourth-order valence-electron chi connectivity index (χ4n) is 5.01. The molecule has 2 fully saturated rings. The maximum absolute atomic E-state index is 13.0. The maximum atomic E-state index is 13.0. The quantitative estimate of drug-likeness (QED) is 0.606. The third-order valence-corrected chi connectivity index (χ3v) is 9.09. The van der Waals surface area contributed by atoms with Crippen LogP contribution in [0.4, 0.5) is 0 Å². The van der Waals surface area contributed by atoms with Gasteiger partial charge in [-0.1, -0.05) is 17.3 Å². The van der Waals surface area contributed by atoms with Crippen molar-refractivity contribution < 1.29 is 22.5 Å². The third-order valence-electron chi connectivity index (χ3n) is 6.94. The van der Waals surface area contributed by atoms with E-state index < -0.39 is 10.0 Å². The Kier molecular flexibility index (Phi) is 7.59. The molecule has 1 aromatic carbocycles. The summed E-state index contributed by atoms with van der Waals surface area (Å²) >= 11 is 0. The molecule has 0 saturated carbocycles. The van der Waals surface area contributed by atoms with Gasteiger partial charge in [0.05, 0.1) is 13.2 Å². The van der Waals surface area contributed by atoms with Crippen LogP contribution in [-0.2, 0) is 14.8 Å². The topological polar surface area (TPSA) is 105 Å². The Morgan fingerprint density at radius 2 is 1.79 bits per heavy atom. The molecule has 0 aliphatic carbocycles. The number of ether oxygens (including phenoxy) is 1. The number of amides is 1. The lowest BCUT2D eigenvalue weighted by atomic mass is 9.97. The van der Waals surface area contributed by atoms with Crippen LogP contribution in [0.5, 0.6) is 5.75 Å². The lowest BCUT2D eigenvalue weighted by molar-refractivity contribution is -0.126. The minimum absolute atomic E-state index is 0.00732. The predicted molar refractivity (Wildman–Crippen MR) is 127 cm³/mol. The number of nitrogens with one attached hydrogen (secondary N) is 1. The SMILES string of the molecule is COc1ccc(C(CNC(=O)C2CCN(S(=O)(=O)c3c(C)noc3C)CC2)N2CCCC2)cc1. The van der Waals surface area contributed by atoms with Gasteiger partial charge < -0.3 is 14.6 Å². The minimum Gasteiger partial charge on any atom is -0.497 e. The average Bonchev–Trinajstić information content (AvgIpc) is 3.49. The molecule has 10 heteroatoms. The molecule has 3 heterocycles. The first-order chi connectivity index (χ1) is 16.3. The zero-order valence-electron chi connectivity index (χ0n) is 20.1. The summed E-state index contributed by atoms with van der Waals surface area (Å²) in [5.74, 6) is 0.897. The molecule has 0 bridgehead atoms. The molecule has 0 radical (unpaired) electrons. The standard InChI is InChI=1S/C24H34N4O5S/c1-17-23(18(2)33-26-17)34(30,31)28-14-10-20(11-15-28)24(29)25-16-22(27-12-4-5-13-27)19-6-8-21(32-3)9-7-19/h6-9,20,22H,4-5,10-16H2,1-3H3,(H,25,29). The van der Waals surface area contributed by atoms with E-state index in [1.54, 1.807) is 21.0 Å². The highest BCUT2D eigenvalue weighted by Gasteiger charge is 2.35. The number of nitrogens with zero attached hydrogens (tertiary/aromatic N) is 3. The van der Waals surface area contributed by atoms with Gasteiger partial charge in [0.25, 0.3) is 0 Å². The maximum Gasteiger partial charge on any atom is 0.248 e. The van der Waals surface area contributed by atoms with Gasteiger partial charge in [0.2, 0.25) is 15.9 Å². The number of carbonyl (C=O) groups is 1. The summed E-state index contributed by atoms with van der Waals surface area (Å²) in [6, 6.07) is 8.14. The molecular formula is C24H34N4O5S. The average molecular weight is 491 g/mol. The summed E-state index contributed by atoms with van der Waals surface area (Å²) in [6.07, 6.45) is 3.31. The smallest absolute Gasteiger partial charge is 0.248 e. The summed E-state index contributed by atoms with van der Waals surface area (Å²) in [5.41, 5.74) is 1.52. The number of aromatic nitrogens is 1. The molecule has 186 valence electrons. The number of piperidine rings is 1. The van der Waals surface area contributed by atoms with Crippen molar-refractivity contribution in [2.75, 3.05) is 39.8 Å².